The molecule has 2 aliphatic rings. The Balaban J connectivity index is 1.79. The summed E-state index contributed by atoms with van der Waals surface area (Å²) in [7, 11) is 0. The largest absolute Gasteiger partial charge is 0.381 e. The van der Waals surface area contributed by atoms with Crippen LogP contribution in [0.1, 0.15) is 64.7 Å². The third kappa shape index (κ3) is 6.12. The van der Waals surface area contributed by atoms with Gasteiger partial charge in [-0.15, -0.1) is 0 Å². The van der Waals surface area contributed by atoms with Crippen molar-refractivity contribution in [3.05, 3.63) is 12.2 Å². The summed E-state index contributed by atoms with van der Waals surface area (Å²) in [6, 6.07) is 0. The van der Waals surface area contributed by atoms with Gasteiger partial charge in [0.15, 0.2) is 0 Å². The second kappa shape index (κ2) is 9.63. The molecule has 2 fully saturated rings. The molecule has 1 atom stereocenters. The van der Waals surface area contributed by atoms with Crippen LogP contribution < -0.4 is 0 Å². The lowest BCUT2D eigenvalue weighted by Crippen LogP contribution is -2.32. The normalized spacial score (nSPS) is 23.1. The van der Waals surface area contributed by atoms with Gasteiger partial charge in [-0.05, 0) is 63.5 Å². The van der Waals surface area contributed by atoms with Crippen molar-refractivity contribution in [1.82, 2.24) is 4.90 Å². The fraction of sp³-hybridized carbons (Fsp3) is 0.895. The number of nitrogens with zero attached hydrogens (tertiary/aromatic N) is 1. The molecule has 0 radical (unpaired) electrons. The van der Waals surface area contributed by atoms with Gasteiger partial charge in [0.05, 0.1) is 0 Å². The van der Waals surface area contributed by atoms with Crippen molar-refractivity contribution >= 4 is 0 Å². The molecular weight excluding hydrogens is 258 g/mol. The van der Waals surface area contributed by atoms with E-state index in [0.717, 1.165) is 31.6 Å². The Labute approximate surface area is 131 Å². The molecule has 0 aliphatic carbocycles. The van der Waals surface area contributed by atoms with E-state index in [-0.39, 0.29) is 0 Å². The minimum absolute atomic E-state index is 0.853. The van der Waals surface area contributed by atoms with Gasteiger partial charge in [0.2, 0.25) is 0 Å². The summed E-state index contributed by atoms with van der Waals surface area (Å²) < 4.78 is 5.55. The van der Waals surface area contributed by atoms with Gasteiger partial charge in [0, 0.05) is 19.8 Å². The van der Waals surface area contributed by atoms with Crippen molar-refractivity contribution in [2.75, 3.05) is 32.8 Å². The van der Waals surface area contributed by atoms with E-state index in [1.165, 1.54) is 76.5 Å². The Morgan fingerprint density at radius 2 is 1.90 bits per heavy atom. The Morgan fingerprint density at radius 1 is 1.19 bits per heavy atom. The standard InChI is InChI=1S/C19H35NO/c1-3-4-8-19(18-9-13-21-14-10-18)15-17(2)16-20-11-6-5-7-12-20/h18-19H,2-16H2,1H3. The lowest BCUT2D eigenvalue weighted by atomic mass is 9.79. The van der Waals surface area contributed by atoms with E-state index in [4.69, 9.17) is 4.74 Å². The molecule has 0 spiro atoms. The summed E-state index contributed by atoms with van der Waals surface area (Å²) in [5.74, 6) is 1.73. The molecule has 0 aromatic rings. The van der Waals surface area contributed by atoms with Gasteiger partial charge in [0.1, 0.15) is 0 Å². The number of likely N-dealkylation sites (tertiary alicyclic amines) is 1. The van der Waals surface area contributed by atoms with Crippen LogP contribution in [0.5, 0.6) is 0 Å². The van der Waals surface area contributed by atoms with E-state index in [2.05, 4.69) is 18.4 Å². The highest BCUT2D eigenvalue weighted by Gasteiger charge is 2.24. The van der Waals surface area contributed by atoms with Crippen molar-refractivity contribution in [3.8, 4) is 0 Å². The van der Waals surface area contributed by atoms with Gasteiger partial charge in [-0.3, -0.25) is 4.90 Å². The number of piperidine rings is 1. The predicted molar refractivity (Wildman–Crippen MR) is 90.6 cm³/mol. The molecule has 2 heteroatoms. The molecular formula is C19H35NO. The van der Waals surface area contributed by atoms with Crippen molar-refractivity contribution < 1.29 is 4.74 Å². The molecule has 21 heavy (non-hydrogen) atoms. The molecule has 0 N–H and O–H groups in total. The first-order valence-electron chi connectivity index (χ1n) is 9.26. The summed E-state index contributed by atoms with van der Waals surface area (Å²) in [6.45, 7) is 12.4. The predicted octanol–water partition coefficient (Wildman–Crippen LogP) is 4.65. The quantitative estimate of drug-likeness (QED) is 0.604. The molecule has 0 saturated carbocycles. The molecule has 2 aliphatic heterocycles. The Kier molecular flexibility index (Phi) is 7.81. The number of hydrogen-bond donors (Lipinski definition) is 0. The van der Waals surface area contributed by atoms with Crippen LogP contribution in [0, 0.1) is 11.8 Å². The van der Waals surface area contributed by atoms with E-state index >= 15 is 0 Å². The molecule has 2 nitrogen and oxygen atoms in total. The van der Waals surface area contributed by atoms with Crippen LogP contribution in [0.15, 0.2) is 12.2 Å². The summed E-state index contributed by atoms with van der Waals surface area (Å²) in [5.41, 5.74) is 1.48. The summed E-state index contributed by atoms with van der Waals surface area (Å²) >= 11 is 0. The molecule has 0 aromatic heterocycles. The lowest BCUT2D eigenvalue weighted by Gasteiger charge is -2.33. The zero-order valence-corrected chi connectivity index (χ0v) is 14.1. The Hall–Kier alpha value is -0.340. The fourth-order valence-corrected chi connectivity index (χ4v) is 4.03. The van der Waals surface area contributed by atoms with Crippen molar-refractivity contribution in [2.45, 2.75) is 64.7 Å². The second-order valence-corrected chi connectivity index (χ2v) is 7.14. The molecule has 1 unspecified atom stereocenters. The smallest absolute Gasteiger partial charge is 0.0468 e. The maximum atomic E-state index is 5.55. The molecule has 2 heterocycles. The molecule has 0 amide bonds. The summed E-state index contributed by atoms with van der Waals surface area (Å²) in [5, 5.41) is 0. The lowest BCUT2D eigenvalue weighted by molar-refractivity contribution is 0.0441. The minimum atomic E-state index is 0.853. The third-order valence-electron chi connectivity index (χ3n) is 5.31. The minimum Gasteiger partial charge on any atom is -0.381 e. The SMILES string of the molecule is C=C(CC(CCCC)C1CCOCC1)CN1CCCCC1. The van der Waals surface area contributed by atoms with Crippen molar-refractivity contribution in [2.24, 2.45) is 11.8 Å². The van der Waals surface area contributed by atoms with Gasteiger partial charge in [-0.2, -0.15) is 0 Å². The third-order valence-corrected chi connectivity index (χ3v) is 5.31. The van der Waals surface area contributed by atoms with E-state index in [1.54, 1.807) is 0 Å². The van der Waals surface area contributed by atoms with Crippen LogP contribution in [0.2, 0.25) is 0 Å². The first-order valence-corrected chi connectivity index (χ1v) is 9.26. The van der Waals surface area contributed by atoms with Gasteiger partial charge in [-0.1, -0.05) is 38.3 Å². The van der Waals surface area contributed by atoms with E-state index in [0.29, 0.717) is 0 Å². The van der Waals surface area contributed by atoms with Crippen LogP contribution >= 0.6 is 0 Å². The molecule has 2 saturated heterocycles. The highest BCUT2D eigenvalue weighted by Crippen LogP contribution is 2.32. The summed E-state index contributed by atoms with van der Waals surface area (Å²) in [6.07, 6.45) is 12.1. The van der Waals surface area contributed by atoms with Gasteiger partial charge < -0.3 is 4.74 Å². The van der Waals surface area contributed by atoms with Crippen molar-refractivity contribution in [3.63, 3.8) is 0 Å². The van der Waals surface area contributed by atoms with Crippen LogP contribution in [-0.2, 0) is 4.74 Å². The van der Waals surface area contributed by atoms with Gasteiger partial charge >= 0.3 is 0 Å². The molecule has 122 valence electrons. The molecule has 0 aromatic carbocycles. The molecule has 0 bridgehead atoms. The van der Waals surface area contributed by atoms with E-state index < -0.39 is 0 Å². The van der Waals surface area contributed by atoms with E-state index in [1.807, 2.05) is 0 Å². The maximum absolute atomic E-state index is 5.55. The zero-order valence-electron chi connectivity index (χ0n) is 14.1. The van der Waals surface area contributed by atoms with Gasteiger partial charge in [0.25, 0.3) is 0 Å². The van der Waals surface area contributed by atoms with Crippen LogP contribution in [-0.4, -0.2) is 37.7 Å². The van der Waals surface area contributed by atoms with Gasteiger partial charge in [-0.25, -0.2) is 0 Å². The summed E-state index contributed by atoms with van der Waals surface area (Å²) in [4.78, 5) is 2.62. The second-order valence-electron chi connectivity index (χ2n) is 7.14. The average molecular weight is 293 g/mol. The van der Waals surface area contributed by atoms with Crippen LogP contribution in [0.25, 0.3) is 0 Å². The van der Waals surface area contributed by atoms with Crippen LogP contribution in [0.3, 0.4) is 0 Å². The highest BCUT2D eigenvalue weighted by molar-refractivity contribution is 5.00. The topological polar surface area (TPSA) is 12.5 Å². The number of unbranched alkanes of at least 4 members (excludes halogenated alkanes) is 1. The number of rotatable bonds is 8. The van der Waals surface area contributed by atoms with Crippen molar-refractivity contribution in [1.29, 1.82) is 0 Å². The van der Waals surface area contributed by atoms with E-state index in [9.17, 15) is 0 Å². The first kappa shape index (κ1) is 17.0. The molecule has 2 rings (SSSR count). The highest BCUT2D eigenvalue weighted by atomic mass is 16.5. The Morgan fingerprint density at radius 3 is 2.57 bits per heavy atom. The Bertz CT molecular complexity index is 290. The number of ether oxygens (including phenoxy) is 1. The fourth-order valence-electron chi connectivity index (χ4n) is 4.03. The monoisotopic (exact) mass is 293 g/mol. The first-order chi connectivity index (χ1) is 10.3. The number of hydrogen-bond acceptors (Lipinski definition) is 2. The van der Waals surface area contributed by atoms with Crippen LogP contribution in [0.4, 0.5) is 0 Å². The maximum Gasteiger partial charge on any atom is 0.0468 e. The average Bonchev–Trinajstić information content (AvgIpc) is 2.53. The zero-order chi connectivity index (χ0) is 14.9.